The van der Waals surface area contributed by atoms with Crippen LogP contribution >= 0.6 is 31.9 Å². The number of hydrogen-bond acceptors (Lipinski definition) is 3. The molecule has 0 aromatic heterocycles. The van der Waals surface area contributed by atoms with Crippen molar-refractivity contribution in [1.82, 2.24) is 0 Å². The van der Waals surface area contributed by atoms with Gasteiger partial charge in [-0.3, -0.25) is 4.79 Å². The van der Waals surface area contributed by atoms with E-state index in [2.05, 4.69) is 31.9 Å². The van der Waals surface area contributed by atoms with Crippen LogP contribution in [-0.4, -0.2) is 12.9 Å². The maximum Gasteiger partial charge on any atom is 0.196 e. The van der Waals surface area contributed by atoms with Gasteiger partial charge in [0.15, 0.2) is 5.78 Å². The molecule has 0 fully saturated rings. The molecule has 0 radical (unpaired) electrons. The van der Waals surface area contributed by atoms with Crippen molar-refractivity contribution in [2.45, 2.75) is 0 Å². The van der Waals surface area contributed by atoms with Crippen LogP contribution in [0.4, 0.5) is 5.69 Å². The minimum atomic E-state index is -0.106. The second-order valence-corrected chi connectivity index (χ2v) is 5.68. The number of carbonyl (C=O) groups is 1. The first kappa shape index (κ1) is 14.1. The van der Waals surface area contributed by atoms with Crippen LogP contribution in [0.1, 0.15) is 15.9 Å². The molecule has 2 rings (SSSR count). The van der Waals surface area contributed by atoms with E-state index >= 15 is 0 Å². The summed E-state index contributed by atoms with van der Waals surface area (Å²) in [4.78, 5) is 12.4. The molecule has 0 spiro atoms. The van der Waals surface area contributed by atoms with Crippen LogP contribution in [0, 0.1) is 0 Å². The molecule has 0 saturated heterocycles. The number of carbonyl (C=O) groups excluding carboxylic acids is 1. The average molecular weight is 385 g/mol. The summed E-state index contributed by atoms with van der Waals surface area (Å²) in [6.45, 7) is 0. The Morgan fingerprint density at radius 1 is 1.16 bits per heavy atom. The summed E-state index contributed by atoms with van der Waals surface area (Å²) in [5.41, 5.74) is 7.38. The Morgan fingerprint density at radius 3 is 2.53 bits per heavy atom. The molecule has 0 bridgehead atoms. The Morgan fingerprint density at radius 2 is 1.89 bits per heavy atom. The minimum Gasteiger partial charge on any atom is -0.496 e. The highest BCUT2D eigenvalue weighted by Crippen LogP contribution is 2.27. The first-order valence-corrected chi connectivity index (χ1v) is 7.05. The summed E-state index contributed by atoms with van der Waals surface area (Å²) in [5.74, 6) is 0.428. The Labute approximate surface area is 128 Å². The number of nitrogens with two attached hydrogens (primary N) is 1. The lowest BCUT2D eigenvalue weighted by Crippen LogP contribution is -2.04. The quantitative estimate of drug-likeness (QED) is 0.641. The Kier molecular flexibility index (Phi) is 4.27. The standard InChI is InChI=1S/C14H11Br2NO2/c1-19-13-7-9(15)3-4-10(13)14(18)8-2-5-12(17)11(16)6-8/h2-7H,17H2,1H3. The maximum atomic E-state index is 12.4. The zero-order valence-corrected chi connectivity index (χ0v) is 13.3. The van der Waals surface area contributed by atoms with E-state index in [0.717, 1.165) is 4.47 Å². The first-order valence-electron chi connectivity index (χ1n) is 5.46. The molecule has 0 aliphatic heterocycles. The predicted octanol–water partition coefficient (Wildman–Crippen LogP) is 4.03. The number of halogens is 2. The Balaban J connectivity index is 2.46. The molecule has 2 aromatic carbocycles. The van der Waals surface area contributed by atoms with Crippen LogP contribution in [0.2, 0.25) is 0 Å². The maximum absolute atomic E-state index is 12.4. The van der Waals surface area contributed by atoms with E-state index in [9.17, 15) is 4.79 Å². The van der Waals surface area contributed by atoms with Gasteiger partial charge in [0.25, 0.3) is 0 Å². The first-order chi connectivity index (χ1) is 9.02. The van der Waals surface area contributed by atoms with Gasteiger partial charge in [-0.25, -0.2) is 0 Å². The van der Waals surface area contributed by atoms with Crippen LogP contribution in [-0.2, 0) is 0 Å². The van der Waals surface area contributed by atoms with Gasteiger partial charge in [0, 0.05) is 20.2 Å². The Bertz CT molecular complexity index is 641. The smallest absolute Gasteiger partial charge is 0.196 e. The third-order valence-electron chi connectivity index (χ3n) is 2.67. The van der Waals surface area contributed by atoms with Crippen LogP contribution < -0.4 is 10.5 Å². The number of ketones is 1. The lowest BCUT2D eigenvalue weighted by molar-refractivity contribution is 0.103. The van der Waals surface area contributed by atoms with E-state index in [1.54, 1.807) is 30.3 Å². The number of methoxy groups -OCH3 is 1. The summed E-state index contributed by atoms with van der Waals surface area (Å²) < 4.78 is 6.80. The summed E-state index contributed by atoms with van der Waals surface area (Å²) in [6.07, 6.45) is 0. The molecule has 0 aliphatic rings. The summed E-state index contributed by atoms with van der Waals surface area (Å²) in [5, 5.41) is 0. The van der Waals surface area contributed by atoms with Crippen molar-refractivity contribution in [3.63, 3.8) is 0 Å². The molecule has 0 unspecified atom stereocenters. The van der Waals surface area contributed by atoms with E-state index < -0.39 is 0 Å². The van der Waals surface area contributed by atoms with E-state index in [4.69, 9.17) is 10.5 Å². The van der Waals surface area contributed by atoms with Crippen molar-refractivity contribution >= 4 is 43.3 Å². The lowest BCUT2D eigenvalue weighted by atomic mass is 10.0. The summed E-state index contributed by atoms with van der Waals surface area (Å²) in [6, 6.07) is 10.4. The predicted molar refractivity (Wildman–Crippen MR) is 82.7 cm³/mol. The van der Waals surface area contributed by atoms with E-state index in [0.29, 0.717) is 27.0 Å². The fourth-order valence-corrected chi connectivity index (χ4v) is 2.40. The fraction of sp³-hybridized carbons (Fsp3) is 0.0714. The van der Waals surface area contributed by atoms with Crippen molar-refractivity contribution in [3.05, 3.63) is 56.5 Å². The van der Waals surface area contributed by atoms with Gasteiger partial charge in [-0.15, -0.1) is 0 Å². The molecular weight excluding hydrogens is 374 g/mol. The SMILES string of the molecule is COc1cc(Br)ccc1C(=O)c1ccc(N)c(Br)c1. The number of rotatable bonds is 3. The van der Waals surface area contributed by atoms with Crippen LogP contribution in [0.5, 0.6) is 5.75 Å². The molecule has 2 N–H and O–H groups in total. The molecule has 19 heavy (non-hydrogen) atoms. The molecule has 2 aromatic rings. The summed E-state index contributed by atoms with van der Waals surface area (Å²) >= 11 is 6.67. The minimum absolute atomic E-state index is 0.106. The van der Waals surface area contributed by atoms with Gasteiger partial charge in [-0.05, 0) is 52.3 Å². The van der Waals surface area contributed by atoms with E-state index in [1.165, 1.54) is 7.11 Å². The molecule has 0 amide bonds. The lowest BCUT2D eigenvalue weighted by Gasteiger charge is -2.09. The molecule has 0 heterocycles. The topological polar surface area (TPSA) is 52.3 Å². The van der Waals surface area contributed by atoms with Crippen LogP contribution in [0.25, 0.3) is 0 Å². The average Bonchev–Trinajstić information content (AvgIpc) is 2.41. The second kappa shape index (κ2) is 5.75. The molecule has 0 aliphatic carbocycles. The van der Waals surface area contributed by atoms with Gasteiger partial charge in [-0.2, -0.15) is 0 Å². The number of anilines is 1. The highest BCUT2D eigenvalue weighted by molar-refractivity contribution is 9.10. The normalized spacial score (nSPS) is 10.3. The molecule has 0 atom stereocenters. The van der Waals surface area contributed by atoms with Crippen molar-refractivity contribution in [2.24, 2.45) is 0 Å². The van der Waals surface area contributed by atoms with Gasteiger partial charge in [0.1, 0.15) is 5.75 Å². The fourth-order valence-electron chi connectivity index (χ4n) is 1.68. The highest BCUT2D eigenvalue weighted by Gasteiger charge is 2.15. The number of ether oxygens (including phenoxy) is 1. The van der Waals surface area contributed by atoms with Crippen LogP contribution in [0.3, 0.4) is 0 Å². The van der Waals surface area contributed by atoms with Gasteiger partial charge < -0.3 is 10.5 Å². The largest absolute Gasteiger partial charge is 0.496 e. The molecule has 5 heteroatoms. The molecular formula is C14H11Br2NO2. The van der Waals surface area contributed by atoms with Crippen molar-refractivity contribution in [3.8, 4) is 5.75 Å². The zero-order chi connectivity index (χ0) is 14.0. The van der Waals surface area contributed by atoms with Crippen molar-refractivity contribution in [1.29, 1.82) is 0 Å². The monoisotopic (exact) mass is 383 g/mol. The van der Waals surface area contributed by atoms with Crippen molar-refractivity contribution in [2.75, 3.05) is 12.8 Å². The number of benzene rings is 2. The van der Waals surface area contributed by atoms with Gasteiger partial charge >= 0.3 is 0 Å². The summed E-state index contributed by atoms with van der Waals surface area (Å²) in [7, 11) is 1.54. The van der Waals surface area contributed by atoms with Crippen molar-refractivity contribution < 1.29 is 9.53 Å². The zero-order valence-electron chi connectivity index (χ0n) is 10.1. The van der Waals surface area contributed by atoms with Gasteiger partial charge in [-0.1, -0.05) is 15.9 Å². The van der Waals surface area contributed by atoms with E-state index in [1.807, 2.05) is 6.07 Å². The third-order valence-corrected chi connectivity index (χ3v) is 3.85. The van der Waals surface area contributed by atoms with Crippen LogP contribution in [0.15, 0.2) is 45.3 Å². The van der Waals surface area contributed by atoms with Gasteiger partial charge in [0.2, 0.25) is 0 Å². The van der Waals surface area contributed by atoms with E-state index in [-0.39, 0.29) is 5.78 Å². The second-order valence-electron chi connectivity index (χ2n) is 3.91. The third kappa shape index (κ3) is 2.98. The highest BCUT2D eigenvalue weighted by atomic mass is 79.9. The molecule has 98 valence electrons. The van der Waals surface area contributed by atoms with Gasteiger partial charge in [0.05, 0.1) is 12.7 Å². The number of nitrogen functional groups attached to an aromatic ring is 1. The number of hydrogen-bond donors (Lipinski definition) is 1. The molecule has 3 nitrogen and oxygen atoms in total. The Hall–Kier alpha value is -1.33. The molecule has 0 saturated carbocycles.